The third-order valence-electron chi connectivity index (χ3n) is 0.487. The molecule has 0 nitrogen and oxygen atoms in total. The van der Waals surface area contributed by atoms with Crippen molar-refractivity contribution >= 4 is 39.0 Å². The van der Waals surface area contributed by atoms with E-state index < -0.39 is 0 Å². The van der Waals surface area contributed by atoms with Gasteiger partial charge in [-0.15, -0.1) is 0 Å². The van der Waals surface area contributed by atoms with Gasteiger partial charge in [0.05, 0.1) is 0 Å². The molecule has 6 heavy (non-hydrogen) atoms. The maximum Gasteiger partial charge on any atom is 0.316 e. The highest BCUT2D eigenvalue weighted by Crippen LogP contribution is 1.89. The first-order valence-corrected chi connectivity index (χ1v) is 3.10. The van der Waals surface area contributed by atoms with E-state index in [0.717, 1.165) is 5.33 Å². The van der Waals surface area contributed by atoms with Crippen LogP contribution in [0, 0.1) is 0 Å². The molecule has 0 spiro atoms. The van der Waals surface area contributed by atoms with Crippen LogP contribution in [0.2, 0.25) is 0 Å². The van der Waals surface area contributed by atoms with Gasteiger partial charge in [-0.3, -0.25) is 0 Å². The molecule has 0 unspecified atom stereocenters. The molecular weight excluding hydrogens is 152 g/mol. The summed E-state index contributed by atoms with van der Waals surface area (Å²) in [5.41, 5.74) is 0. The summed E-state index contributed by atoms with van der Waals surface area (Å²) >= 11 is 3.31. The van der Waals surface area contributed by atoms with Crippen LogP contribution in [0.5, 0.6) is 0 Å². The lowest BCUT2D eigenvalue weighted by molar-refractivity contribution is 0.902. The fourth-order valence-electron chi connectivity index (χ4n) is 0.134. The second-order valence-corrected chi connectivity index (χ2v) is 1.84. The van der Waals surface area contributed by atoms with Crippen molar-refractivity contribution in [3.05, 3.63) is 0 Å². The molecule has 0 amide bonds. The third kappa shape index (κ3) is 8.98. The first-order valence-electron chi connectivity index (χ1n) is 1.97. The average molecular weight is 163 g/mol. The Kier molecular flexibility index (Phi) is 16.3. The van der Waals surface area contributed by atoms with E-state index in [-0.39, 0.29) is 23.1 Å². The van der Waals surface area contributed by atoms with E-state index >= 15 is 0 Å². The molecule has 0 bridgehead atoms. The minimum absolute atomic E-state index is 0. The highest BCUT2D eigenvalue weighted by atomic mass is 79.9. The van der Waals surface area contributed by atoms with Gasteiger partial charge >= 0.3 is 23.1 Å². The Hall–Kier alpha value is 1.25. The molecule has 0 heterocycles. The van der Waals surface area contributed by atoms with Gasteiger partial charge in [0.2, 0.25) is 0 Å². The number of hydrogen-bond donors (Lipinski definition) is 0. The number of halogens is 1. The second kappa shape index (κ2) is 9.53. The van der Waals surface area contributed by atoms with Gasteiger partial charge in [0, 0.05) is 5.33 Å². The molecule has 0 aromatic carbocycles. The largest absolute Gasteiger partial charge is 0.316 e. The van der Waals surface area contributed by atoms with Crippen LogP contribution in [0.1, 0.15) is 19.8 Å². The van der Waals surface area contributed by atoms with Gasteiger partial charge < -0.3 is 0 Å². The molecule has 0 aliphatic carbocycles. The molecule has 0 aromatic rings. The van der Waals surface area contributed by atoms with Crippen LogP contribution in [0.4, 0.5) is 0 Å². The SMILES string of the molecule is CCCCBr.[MgH2]. The van der Waals surface area contributed by atoms with Crippen molar-refractivity contribution in [1.29, 1.82) is 0 Å². The summed E-state index contributed by atoms with van der Waals surface area (Å²) in [7, 11) is 0. The summed E-state index contributed by atoms with van der Waals surface area (Å²) in [5.74, 6) is 0. The summed E-state index contributed by atoms with van der Waals surface area (Å²) in [6, 6.07) is 0. The molecule has 0 rings (SSSR count). The van der Waals surface area contributed by atoms with Gasteiger partial charge in [-0.05, 0) is 6.42 Å². The van der Waals surface area contributed by atoms with Crippen molar-refractivity contribution in [2.75, 3.05) is 5.33 Å². The lowest BCUT2D eigenvalue weighted by Gasteiger charge is -1.77. The Bertz CT molecular complexity index is 15.0. The van der Waals surface area contributed by atoms with Crippen LogP contribution in [-0.4, -0.2) is 28.4 Å². The van der Waals surface area contributed by atoms with Gasteiger partial charge in [-0.1, -0.05) is 29.3 Å². The second-order valence-electron chi connectivity index (χ2n) is 1.04. The van der Waals surface area contributed by atoms with E-state index in [2.05, 4.69) is 22.9 Å². The van der Waals surface area contributed by atoms with E-state index in [1.807, 2.05) is 0 Å². The molecule has 0 atom stereocenters. The van der Waals surface area contributed by atoms with E-state index in [1.165, 1.54) is 12.8 Å². The van der Waals surface area contributed by atoms with Crippen molar-refractivity contribution in [1.82, 2.24) is 0 Å². The number of alkyl halides is 1. The summed E-state index contributed by atoms with van der Waals surface area (Å²) in [6.45, 7) is 2.18. The molecule has 0 saturated heterocycles. The number of hydrogen-bond acceptors (Lipinski definition) is 0. The van der Waals surface area contributed by atoms with Crippen molar-refractivity contribution in [3.63, 3.8) is 0 Å². The molecule has 0 aliphatic rings. The zero-order valence-electron chi connectivity index (χ0n) is 3.50. The van der Waals surface area contributed by atoms with Gasteiger partial charge in [-0.25, -0.2) is 0 Å². The average Bonchev–Trinajstić information content (AvgIpc) is 1.41. The highest BCUT2D eigenvalue weighted by molar-refractivity contribution is 9.09. The fraction of sp³-hybridized carbons (Fsp3) is 1.00. The molecule has 0 radical (unpaired) electrons. The van der Waals surface area contributed by atoms with Crippen LogP contribution in [0.25, 0.3) is 0 Å². The lowest BCUT2D eigenvalue weighted by Crippen LogP contribution is -1.64. The topological polar surface area (TPSA) is 0 Å². The summed E-state index contributed by atoms with van der Waals surface area (Å²) in [6.07, 6.45) is 2.60. The summed E-state index contributed by atoms with van der Waals surface area (Å²) in [5, 5.41) is 1.16. The Balaban J connectivity index is 0. The van der Waals surface area contributed by atoms with Gasteiger partial charge in [0.25, 0.3) is 0 Å². The van der Waals surface area contributed by atoms with Gasteiger partial charge in [-0.2, -0.15) is 0 Å². The molecule has 0 saturated carbocycles. The number of rotatable bonds is 2. The van der Waals surface area contributed by atoms with Crippen LogP contribution in [-0.2, 0) is 0 Å². The Morgan fingerprint density at radius 1 is 1.50 bits per heavy atom. The van der Waals surface area contributed by atoms with Crippen molar-refractivity contribution in [2.45, 2.75) is 19.8 Å². The summed E-state index contributed by atoms with van der Waals surface area (Å²) < 4.78 is 0. The van der Waals surface area contributed by atoms with Crippen LogP contribution in [0.3, 0.4) is 0 Å². The molecule has 2 heteroatoms. The zero-order valence-corrected chi connectivity index (χ0v) is 5.09. The Labute approximate surface area is 64.0 Å². The predicted molar refractivity (Wildman–Crippen MR) is 37.2 cm³/mol. The first kappa shape index (κ1) is 10.3. The van der Waals surface area contributed by atoms with Crippen molar-refractivity contribution in [2.24, 2.45) is 0 Å². The summed E-state index contributed by atoms with van der Waals surface area (Å²) in [4.78, 5) is 0. The monoisotopic (exact) mass is 162 g/mol. The molecule has 0 N–H and O–H groups in total. The molecule has 0 aromatic heterocycles. The van der Waals surface area contributed by atoms with Crippen LogP contribution < -0.4 is 0 Å². The fourth-order valence-corrected chi connectivity index (χ4v) is 0.694. The normalized spacial score (nSPS) is 7.00. The standard InChI is InChI=1S/C4H9Br.Mg.2H/c1-2-3-4-5;;;/h2-4H2,1H3;;;. The van der Waals surface area contributed by atoms with Gasteiger partial charge in [0.15, 0.2) is 0 Å². The van der Waals surface area contributed by atoms with E-state index in [4.69, 9.17) is 0 Å². The van der Waals surface area contributed by atoms with Gasteiger partial charge in [0.1, 0.15) is 0 Å². The van der Waals surface area contributed by atoms with Crippen molar-refractivity contribution in [3.8, 4) is 0 Å². The predicted octanol–water partition coefficient (Wildman–Crippen LogP) is 1.27. The minimum atomic E-state index is 0. The van der Waals surface area contributed by atoms with Crippen LogP contribution >= 0.6 is 15.9 Å². The first-order chi connectivity index (χ1) is 2.41. The van der Waals surface area contributed by atoms with E-state index in [0.29, 0.717) is 0 Å². The zero-order chi connectivity index (χ0) is 4.12. The Morgan fingerprint density at radius 3 is 2.00 bits per heavy atom. The van der Waals surface area contributed by atoms with E-state index in [1.54, 1.807) is 0 Å². The molecule has 36 valence electrons. The maximum atomic E-state index is 3.31. The third-order valence-corrected chi connectivity index (χ3v) is 1.05. The smallest absolute Gasteiger partial charge is 0.0928 e. The maximum absolute atomic E-state index is 3.31. The van der Waals surface area contributed by atoms with E-state index in [9.17, 15) is 0 Å². The quantitative estimate of drug-likeness (QED) is 0.425. The van der Waals surface area contributed by atoms with Crippen LogP contribution in [0.15, 0.2) is 0 Å². The molecular formula is C4H11BrMg. The number of unbranched alkanes of at least 4 members (excludes halogenated alkanes) is 1. The minimum Gasteiger partial charge on any atom is -0.0928 e. The lowest BCUT2D eigenvalue weighted by atomic mass is 10.4. The highest BCUT2D eigenvalue weighted by Gasteiger charge is 1.69. The molecule has 0 fully saturated rings. The Morgan fingerprint density at radius 2 is 2.00 bits per heavy atom. The molecule has 0 aliphatic heterocycles. The van der Waals surface area contributed by atoms with Crippen molar-refractivity contribution < 1.29 is 0 Å².